The molecule has 108 valence electrons. The summed E-state index contributed by atoms with van der Waals surface area (Å²) in [5.74, 6) is 1.98. The Hall–Kier alpha value is -1.10. The lowest BCUT2D eigenvalue weighted by molar-refractivity contribution is 0.176. The van der Waals surface area contributed by atoms with Crippen LogP contribution in [-0.4, -0.2) is 49.3 Å². The molecule has 0 aromatic heterocycles. The average molecular weight is 268 g/mol. The van der Waals surface area contributed by atoms with E-state index >= 15 is 0 Å². The van der Waals surface area contributed by atoms with Crippen molar-refractivity contribution in [2.24, 2.45) is 21.8 Å². The van der Waals surface area contributed by atoms with Gasteiger partial charge in [0.2, 0.25) is 11.8 Å². The molecule has 19 heavy (non-hydrogen) atoms. The summed E-state index contributed by atoms with van der Waals surface area (Å²) in [6, 6.07) is -0.172. The van der Waals surface area contributed by atoms with Crippen molar-refractivity contribution in [3.63, 3.8) is 0 Å². The fourth-order valence-corrected chi connectivity index (χ4v) is 2.90. The molecule has 1 aliphatic carbocycles. The van der Waals surface area contributed by atoms with E-state index in [1.807, 2.05) is 0 Å². The number of hydrogen-bond acceptors (Lipinski definition) is 5. The van der Waals surface area contributed by atoms with Gasteiger partial charge in [0.15, 0.2) is 0 Å². The summed E-state index contributed by atoms with van der Waals surface area (Å²) in [7, 11) is 3.28. The standard InChI is InChI=1S/C14H24N2O3/c1-8(2)11-13(18-3)16-12(14(15-11)19-4)9-5-6-10(17)7-9/h8-12,17H,5-7H2,1-4H3/t9-,10+,11+,12-/m0/s1. The zero-order valence-electron chi connectivity index (χ0n) is 12.2. The summed E-state index contributed by atoms with van der Waals surface area (Å²) in [5, 5.41) is 9.69. The fraction of sp³-hybridized carbons (Fsp3) is 0.857. The van der Waals surface area contributed by atoms with Crippen molar-refractivity contribution in [2.45, 2.75) is 51.3 Å². The zero-order valence-corrected chi connectivity index (χ0v) is 12.2. The lowest BCUT2D eigenvalue weighted by Gasteiger charge is -2.29. The molecule has 0 saturated heterocycles. The summed E-state index contributed by atoms with van der Waals surface area (Å²) in [4.78, 5) is 9.36. The highest BCUT2D eigenvalue weighted by Gasteiger charge is 2.38. The van der Waals surface area contributed by atoms with Gasteiger partial charge in [-0.15, -0.1) is 0 Å². The van der Waals surface area contributed by atoms with E-state index in [0.717, 1.165) is 19.3 Å². The maximum absolute atomic E-state index is 9.69. The third kappa shape index (κ3) is 2.91. The Labute approximate surface area is 114 Å². The second-order valence-electron chi connectivity index (χ2n) is 5.70. The Bertz CT molecular complexity index is 379. The van der Waals surface area contributed by atoms with Crippen LogP contribution < -0.4 is 0 Å². The van der Waals surface area contributed by atoms with Crippen LogP contribution in [0.4, 0.5) is 0 Å². The second-order valence-corrected chi connectivity index (χ2v) is 5.70. The van der Waals surface area contributed by atoms with E-state index in [0.29, 0.717) is 23.6 Å². The summed E-state index contributed by atoms with van der Waals surface area (Å²) in [6.45, 7) is 4.19. The van der Waals surface area contributed by atoms with Crippen LogP contribution in [0.3, 0.4) is 0 Å². The molecule has 0 bridgehead atoms. The van der Waals surface area contributed by atoms with Gasteiger partial charge in [-0.3, -0.25) is 0 Å². The van der Waals surface area contributed by atoms with Gasteiger partial charge in [0.05, 0.1) is 20.3 Å². The Morgan fingerprint density at radius 1 is 1.11 bits per heavy atom. The van der Waals surface area contributed by atoms with E-state index in [1.165, 1.54) is 0 Å². The molecule has 1 aliphatic heterocycles. The SMILES string of the molecule is COC1=N[C@H](C(C)C)C(OC)=N[C@H]1[C@H]1CC[C@@H](O)C1. The molecule has 5 nitrogen and oxygen atoms in total. The van der Waals surface area contributed by atoms with Crippen LogP contribution in [0.25, 0.3) is 0 Å². The molecule has 2 rings (SSSR count). The molecule has 2 aliphatic rings. The number of aliphatic imine (C=N–C) groups is 2. The smallest absolute Gasteiger partial charge is 0.209 e. The molecule has 0 aromatic carbocycles. The Morgan fingerprint density at radius 2 is 1.79 bits per heavy atom. The number of rotatable bonds is 2. The van der Waals surface area contributed by atoms with Gasteiger partial charge >= 0.3 is 0 Å². The zero-order chi connectivity index (χ0) is 14.0. The third-order valence-electron chi connectivity index (χ3n) is 3.98. The number of ether oxygens (including phenoxy) is 2. The topological polar surface area (TPSA) is 63.4 Å². The van der Waals surface area contributed by atoms with Gasteiger partial charge in [-0.05, 0) is 31.1 Å². The predicted octanol–water partition coefficient (Wildman–Crippen LogP) is 1.64. The van der Waals surface area contributed by atoms with Gasteiger partial charge in [0.1, 0.15) is 12.1 Å². The van der Waals surface area contributed by atoms with Gasteiger partial charge in [-0.25, -0.2) is 9.98 Å². The highest BCUT2D eigenvalue weighted by Crippen LogP contribution is 2.33. The lowest BCUT2D eigenvalue weighted by Crippen LogP contribution is -2.40. The molecule has 0 radical (unpaired) electrons. The van der Waals surface area contributed by atoms with Crippen LogP contribution >= 0.6 is 0 Å². The number of aliphatic hydroxyl groups excluding tert-OH is 1. The maximum atomic E-state index is 9.69. The first-order chi connectivity index (χ1) is 9.06. The van der Waals surface area contributed by atoms with Crippen LogP contribution in [0.5, 0.6) is 0 Å². The summed E-state index contributed by atoms with van der Waals surface area (Å²) >= 11 is 0. The van der Waals surface area contributed by atoms with Crippen molar-refractivity contribution in [2.75, 3.05) is 14.2 Å². The second kappa shape index (κ2) is 5.90. The van der Waals surface area contributed by atoms with Crippen molar-refractivity contribution >= 4 is 11.8 Å². The van der Waals surface area contributed by atoms with Gasteiger partial charge in [-0.1, -0.05) is 13.8 Å². The van der Waals surface area contributed by atoms with Crippen LogP contribution in [0.1, 0.15) is 33.1 Å². The number of methoxy groups -OCH3 is 2. The Kier molecular flexibility index (Phi) is 4.45. The first-order valence-electron chi connectivity index (χ1n) is 6.98. The molecular formula is C14H24N2O3. The maximum Gasteiger partial charge on any atom is 0.209 e. The van der Waals surface area contributed by atoms with E-state index < -0.39 is 0 Å². The minimum Gasteiger partial charge on any atom is -0.483 e. The highest BCUT2D eigenvalue weighted by atomic mass is 16.5. The van der Waals surface area contributed by atoms with Crippen LogP contribution in [0.2, 0.25) is 0 Å². The number of hydrogen-bond donors (Lipinski definition) is 1. The first kappa shape index (κ1) is 14.3. The summed E-state index contributed by atoms with van der Waals surface area (Å²) < 4.78 is 10.8. The monoisotopic (exact) mass is 268 g/mol. The minimum absolute atomic E-state index is 0.0671. The molecule has 1 saturated carbocycles. The van der Waals surface area contributed by atoms with Crippen molar-refractivity contribution in [3.8, 4) is 0 Å². The van der Waals surface area contributed by atoms with Crippen LogP contribution in [0, 0.1) is 11.8 Å². The normalized spacial score (nSPS) is 35.1. The van der Waals surface area contributed by atoms with E-state index in [2.05, 4.69) is 18.8 Å². The van der Waals surface area contributed by atoms with Crippen LogP contribution in [-0.2, 0) is 9.47 Å². The molecule has 4 atom stereocenters. The highest BCUT2D eigenvalue weighted by molar-refractivity contribution is 5.94. The van der Waals surface area contributed by atoms with Gasteiger partial charge < -0.3 is 14.6 Å². The summed E-state index contributed by atoms with van der Waals surface area (Å²) in [6.07, 6.45) is 2.34. The van der Waals surface area contributed by atoms with Gasteiger partial charge in [0, 0.05) is 0 Å². The van der Waals surface area contributed by atoms with Crippen molar-refractivity contribution in [1.82, 2.24) is 0 Å². The first-order valence-corrected chi connectivity index (χ1v) is 6.98. The van der Waals surface area contributed by atoms with E-state index in [4.69, 9.17) is 14.5 Å². The van der Waals surface area contributed by atoms with Gasteiger partial charge in [-0.2, -0.15) is 0 Å². The van der Waals surface area contributed by atoms with Gasteiger partial charge in [0.25, 0.3) is 0 Å². The molecule has 0 unspecified atom stereocenters. The molecule has 1 N–H and O–H groups in total. The number of aliphatic hydroxyl groups is 1. The van der Waals surface area contributed by atoms with E-state index in [-0.39, 0.29) is 18.2 Å². The fourth-order valence-electron chi connectivity index (χ4n) is 2.90. The predicted molar refractivity (Wildman–Crippen MR) is 74.6 cm³/mol. The number of nitrogens with zero attached hydrogens (tertiary/aromatic N) is 2. The summed E-state index contributed by atoms with van der Waals surface area (Å²) in [5.41, 5.74) is 0. The van der Waals surface area contributed by atoms with E-state index in [9.17, 15) is 5.11 Å². The largest absolute Gasteiger partial charge is 0.483 e. The molecule has 1 heterocycles. The molecular weight excluding hydrogens is 244 g/mol. The Balaban J connectivity index is 2.23. The molecule has 5 heteroatoms. The van der Waals surface area contributed by atoms with Crippen LogP contribution in [0.15, 0.2) is 9.98 Å². The van der Waals surface area contributed by atoms with Crippen molar-refractivity contribution in [3.05, 3.63) is 0 Å². The van der Waals surface area contributed by atoms with Crippen molar-refractivity contribution in [1.29, 1.82) is 0 Å². The minimum atomic E-state index is -0.216. The molecule has 0 aromatic rings. The lowest BCUT2D eigenvalue weighted by atomic mass is 9.95. The Morgan fingerprint density at radius 3 is 2.26 bits per heavy atom. The third-order valence-corrected chi connectivity index (χ3v) is 3.98. The quantitative estimate of drug-likeness (QED) is 0.828. The van der Waals surface area contributed by atoms with Crippen molar-refractivity contribution < 1.29 is 14.6 Å². The average Bonchev–Trinajstić information content (AvgIpc) is 2.83. The molecule has 1 fully saturated rings. The van der Waals surface area contributed by atoms with E-state index in [1.54, 1.807) is 14.2 Å². The molecule has 0 spiro atoms. The molecule has 0 amide bonds.